The average molecular weight is 308 g/mol. The monoisotopic (exact) mass is 308 g/mol. The summed E-state index contributed by atoms with van der Waals surface area (Å²) in [5.74, 6) is -0.243. The second kappa shape index (κ2) is 6.24. The number of nitrogens with one attached hydrogen (secondary N) is 1. The molecular weight excluding hydrogens is 288 g/mol. The summed E-state index contributed by atoms with van der Waals surface area (Å²) in [4.78, 5) is 26.6. The van der Waals surface area contributed by atoms with Crippen LogP contribution in [0.4, 0.5) is 5.69 Å². The van der Waals surface area contributed by atoms with Crippen molar-refractivity contribution in [3.8, 4) is 0 Å². The van der Waals surface area contributed by atoms with Gasteiger partial charge in [0.25, 0.3) is 5.91 Å². The van der Waals surface area contributed by atoms with Gasteiger partial charge in [0.1, 0.15) is 6.04 Å². The summed E-state index contributed by atoms with van der Waals surface area (Å²) in [6.45, 7) is 4.58. The predicted molar refractivity (Wildman–Crippen MR) is 90.6 cm³/mol. The molecule has 1 heterocycles. The van der Waals surface area contributed by atoms with Crippen LogP contribution in [0.1, 0.15) is 27.9 Å². The van der Waals surface area contributed by atoms with Gasteiger partial charge in [0.15, 0.2) is 0 Å². The Morgan fingerprint density at radius 2 is 1.83 bits per heavy atom. The first-order valence-corrected chi connectivity index (χ1v) is 7.80. The van der Waals surface area contributed by atoms with Crippen LogP contribution in [0, 0.1) is 13.8 Å². The predicted octanol–water partition coefficient (Wildman–Crippen LogP) is 2.84. The number of amides is 2. The molecule has 1 N–H and O–H groups in total. The number of hydrogen-bond acceptors (Lipinski definition) is 2. The van der Waals surface area contributed by atoms with Crippen molar-refractivity contribution in [2.24, 2.45) is 0 Å². The highest BCUT2D eigenvalue weighted by Gasteiger charge is 2.33. The van der Waals surface area contributed by atoms with Gasteiger partial charge >= 0.3 is 0 Å². The summed E-state index contributed by atoms with van der Waals surface area (Å²) in [5, 5.41) is 2.85. The Morgan fingerprint density at radius 1 is 1.09 bits per heavy atom. The fourth-order valence-corrected chi connectivity index (χ4v) is 2.82. The highest BCUT2D eigenvalue weighted by molar-refractivity contribution is 6.03. The van der Waals surface area contributed by atoms with Crippen molar-refractivity contribution in [1.82, 2.24) is 5.32 Å². The van der Waals surface area contributed by atoms with Crippen molar-refractivity contribution in [2.75, 3.05) is 11.4 Å². The average Bonchev–Trinajstić information content (AvgIpc) is 2.89. The van der Waals surface area contributed by atoms with Gasteiger partial charge < -0.3 is 10.2 Å². The molecule has 0 aromatic heterocycles. The second-order valence-corrected chi connectivity index (χ2v) is 6.01. The van der Waals surface area contributed by atoms with E-state index in [9.17, 15) is 9.59 Å². The number of benzene rings is 2. The Hall–Kier alpha value is -2.62. The Bertz CT molecular complexity index is 737. The first-order chi connectivity index (χ1) is 11.0. The molecule has 1 atom stereocenters. The molecule has 0 saturated carbocycles. The first kappa shape index (κ1) is 15.3. The van der Waals surface area contributed by atoms with Crippen LogP contribution < -0.4 is 10.2 Å². The fraction of sp³-hybridized carbons (Fsp3) is 0.263. The third kappa shape index (κ3) is 3.26. The highest BCUT2D eigenvalue weighted by Crippen LogP contribution is 2.22. The van der Waals surface area contributed by atoms with E-state index in [0.717, 1.165) is 16.8 Å². The van der Waals surface area contributed by atoms with E-state index in [1.807, 2.05) is 56.3 Å². The topological polar surface area (TPSA) is 49.4 Å². The molecule has 118 valence electrons. The van der Waals surface area contributed by atoms with Crippen molar-refractivity contribution in [1.29, 1.82) is 0 Å². The molecule has 0 bridgehead atoms. The largest absolute Gasteiger partial charge is 0.340 e. The number of aryl methyl sites for hydroxylation is 2. The maximum absolute atomic E-state index is 12.5. The summed E-state index contributed by atoms with van der Waals surface area (Å²) in [5.41, 5.74) is 3.65. The first-order valence-electron chi connectivity index (χ1n) is 7.80. The smallest absolute Gasteiger partial charge is 0.251 e. The molecule has 4 nitrogen and oxygen atoms in total. The molecule has 0 aliphatic carbocycles. The summed E-state index contributed by atoms with van der Waals surface area (Å²) >= 11 is 0. The van der Waals surface area contributed by atoms with Crippen LogP contribution in [-0.4, -0.2) is 24.4 Å². The quantitative estimate of drug-likeness (QED) is 0.948. The summed E-state index contributed by atoms with van der Waals surface area (Å²) < 4.78 is 0. The minimum absolute atomic E-state index is 0.0464. The second-order valence-electron chi connectivity index (χ2n) is 6.01. The lowest BCUT2D eigenvalue weighted by Gasteiger charge is -2.17. The molecule has 2 aromatic carbocycles. The van der Waals surface area contributed by atoms with Crippen molar-refractivity contribution < 1.29 is 9.59 Å². The minimum Gasteiger partial charge on any atom is -0.340 e. The molecule has 1 saturated heterocycles. The van der Waals surface area contributed by atoms with E-state index in [1.54, 1.807) is 11.0 Å². The van der Waals surface area contributed by atoms with Gasteiger partial charge in [-0.1, -0.05) is 35.4 Å². The van der Waals surface area contributed by atoms with Crippen LogP contribution in [0.15, 0.2) is 48.5 Å². The lowest BCUT2D eigenvalue weighted by atomic mass is 10.1. The summed E-state index contributed by atoms with van der Waals surface area (Å²) in [6, 6.07) is 14.8. The Morgan fingerprint density at radius 3 is 2.52 bits per heavy atom. The van der Waals surface area contributed by atoms with E-state index in [2.05, 4.69) is 5.32 Å². The molecule has 0 radical (unpaired) electrons. The highest BCUT2D eigenvalue weighted by atomic mass is 16.2. The number of carbonyl (C=O) groups excluding carboxylic acids is 2. The number of hydrogen-bond donors (Lipinski definition) is 1. The van der Waals surface area contributed by atoms with Crippen LogP contribution in [-0.2, 0) is 4.79 Å². The number of rotatable bonds is 3. The molecule has 2 aromatic rings. The van der Waals surface area contributed by atoms with Crippen LogP contribution in [0.5, 0.6) is 0 Å². The van der Waals surface area contributed by atoms with Gasteiger partial charge in [0.05, 0.1) is 0 Å². The third-order valence-corrected chi connectivity index (χ3v) is 4.14. The third-order valence-electron chi connectivity index (χ3n) is 4.14. The molecule has 1 fully saturated rings. The normalized spacial score (nSPS) is 17.4. The van der Waals surface area contributed by atoms with Gasteiger partial charge in [0, 0.05) is 17.8 Å². The molecule has 1 aliphatic heterocycles. The Balaban J connectivity index is 1.69. The van der Waals surface area contributed by atoms with Crippen molar-refractivity contribution in [3.05, 3.63) is 65.2 Å². The SMILES string of the molecule is Cc1ccc(N2CCC(NC(=O)c3cccc(C)c3)C2=O)cc1. The Kier molecular flexibility index (Phi) is 4.15. The van der Waals surface area contributed by atoms with Gasteiger partial charge in [-0.2, -0.15) is 0 Å². The van der Waals surface area contributed by atoms with E-state index in [1.165, 1.54) is 0 Å². The molecular formula is C19H20N2O2. The van der Waals surface area contributed by atoms with Crippen LogP contribution >= 0.6 is 0 Å². The van der Waals surface area contributed by atoms with Crippen LogP contribution in [0.25, 0.3) is 0 Å². The van der Waals surface area contributed by atoms with Gasteiger partial charge in [0.2, 0.25) is 5.91 Å². The van der Waals surface area contributed by atoms with Gasteiger partial charge in [-0.3, -0.25) is 9.59 Å². The molecule has 1 unspecified atom stereocenters. The molecule has 23 heavy (non-hydrogen) atoms. The zero-order valence-electron chi connectivity index (χ0n) is 13.4. The van der Waals surface area contributed by atoms with Gasteiger partial charge in [-0.25, -0.2) is 0 Å². The molecule has 3 rings (SSSR count). The standard InChI is InChI=1S/C19H20N2O2/c1-13-6-8-16(9-7-13)21-11-10-17(19(21)23)20-18(22)15-5-3-4-14(2)12-15/h3-9,12,17H,10-11H2,1-2H3,(H,20,22). The van der Waals surface area contributed by atoms with E-state index >= 15 is 0 Å². The lowest BCUT2D eigenvalue weighted by molar-refractivity contribution is -0.118. The zero-order valence-corrected chi connectivity index (χ0v) is 13.4. The zero-order chi connectivity index (χ0) is 16.4. The van der Waals surface area contributed by atoms with Crippen molar-refractivity contribution in [2.45, 2.75) is 26.3 Å². The minimum atomic E-state index is -0.454. The Labute approximate surface area is 136 Å². The molecule has 1 aliphatic rings. The summed E-state index contributed by atoms with van der Waals surface area (Å²) in [6.07, 6.45) is 0.629. The summed E-state index contributed by atoms with van der Waals surface area (Å²) in [7, 11) is 0. The van der Waals surface area contributed by atoms with Crippen LogP contribution in [0.2, 0.25) is 0 Å². The van der Waals surface area contributed by atoms with Crippen molar-refractivity contribution >= 4 is 17.5 Å². The maximum Gasteiger partial charge on any atom is 0.251 e. The van der Waals surface area contributed by atoms with Crippen LogP contribution in [0.3, 0.4) is 0 Å². The number of carbonyl (C=O) groups is 2. The maximum atomic E-state index is 12.5. The number of nitrogens with zero attached hydrogens (tertiary/aromatic N) is 1. The molecule has 0 spiro atoms. The molecule has 4 heteroatoms. The van der Waals surface area contributed by atoms with Crippen molar-refractivity contribution in [3.63, 3.8) is 0 Å². The van der Waals surface area contributed by atoms with Gasteiger partial charge in [-0.15, -0.1) is 0 Å². The number of anilines is 1. The van der Waals surface area contributed by atoms with E-state index < -0.39 is 6.04 Å². The fourth-order valence-electron chi connectivity index (χ4n) is 2.82. The van der Waals surface area contributed by atoms with Gasteiger partial charge in [-0.05, 0) is 44.5 Å². The van der Waals surface area contributed by atoms with E-state index in [-0.39, 0.29) is 11.8 Å². The molecule has 2 amide bonds. The lowest BCUT2D eigenvalue weighted by Crippen LogP contribution is -2.41. The van der Waals surface area contributed by atoms with E-state index in [0.29, 0.717) is 18.5 Å². The van der Waals surface area contributed by atoms with E-state index in [4.69, 9.17) is 0 Å².